The number of aliphatic hydroxyl groups is 1. The molecule has 1 rings (SSSR count). The van der Waals surface area contributed by atoms with Gasteiger partial charge >= 0.3 is 0 Å². The Bertz CT molecular complexity index is 382. The summed E-state index contributed by atoms with van der Waals surface area (Å²) >= 11 is 6.03. The number of hydrogen-bond acceptors (Lipinski definition) is 2. The lowest BCUT2D eigenvalue weighted by molar-refractivity contribution is 0.0780. The zero-order valence-corrected chi connectivity index (χ0v) is 11.6. The maximum atomic E-state index is 13.0. The van der Waals surface area contributed by atoms with Gasteiger partial charge in [0.1, 0.15) is 5.82 Å². The second-order valence-electron chi connectivity index (χ2n) is 4.58. The smallest absolute Gasteiger partial charge is 0.124 e. The molecule has 0 aromatic heterocycles. The topological polar surface area (TPSA) is 46.2 Å². The Balaban J connectivity index is 3.01. The van der Waals surface area contributed by atoms with Gasteiger partial charge in [-0.25, -0.2) is 4.39 Å². The zero-order valence-electron chi connectivity index (χ0n) is 10.9. The molecular formula is C14H21ClFNO. The molecule has 4 heteroatoms. The third-order valence-corrected chi connectivity index (χ3v) is 3.89. The molecule has 0 spiro atoms. The van der Waals surface area contributed by atoms with Gasteiger partial charge < -0.3 is 10.8 Å². The Kier molecular flexibility index (Phi) is 6.06. The molecule has 2 nitrogen and oxygen atoms in total. The Morgan fingerprint density at radius 1 is 1.33 bits per heavy atom. The Labute approximate surface area is 113 Å². The van der Waals surface area contributed by atoms with Crippen molar-refractivity contribution in [2.75, 3.05) is 6.54 Å². The van der Waals surface area contributed by atoms with Crippen LogP contribution in [0.1, 0.15) is 38.2 Å². The molecule has 0 bridgehead atoms. The second-order valence-corrected chi connectivity index (χ2v) is 4.98. The van der Waals surface area contributed by atoms with E-state index in [1.54, 1.807) is 6.07 Å². The number of rotatable bonds is 6. The molecule has 2 atom stereocenters. The number of aliphatic hydroxyl groups excluding tert-OH is 1. The largest absolute Gasteiger partial charge is 0.392 e. The van der Waals surface area contributed by atoms with Crippen molar-refractivity contribution in [3.63, 3.8) is 0 Å². The first-order chi connectivity index (χ1) is 8.54. The van der Waals surface area contributed by atoms with Crippen LogP contribution in [0.3, 0.4) is 0 Å². The lowest BCUT2D eigenvalue weighted by atomic mass is 9.83. The molecule has 0 aliphatic carbocycles. The van der Waals surface area contributed by atoms with E-state index in [1.165, 1.54) is 12.1 Å². The highest BCUT2D eigenvalue weighted by Gasteiger charge is 2.27. The summed E-state index contributed by atoms with van der Waals surface area (Å²) < 4.78 is 13.0. The first-order valence-corrected chi connectivity index (χ1v) is 6.75. The summed E-state index contributed by atoms with van der Waals surface area (Å²) in [5.74, 6) is -0.445. The van der Waals surface area contributed by atoms with Crippen LogP contribution >= 0.6 is 11.6 Å². The number of hydrogen-bond donors (Lipinski definition) is 2. The molecule has 0 aliphatic rings. The fourth-order valence-corrected chi connectivity index (χ4v) is 2.66. The number of nitrogens with two attached hydrogens (primary N) is 1. The van der Waals surface area contributed by atoms with E-state index in [4.69, 9.17) is 17.3 Å². The van der Waals surface area contributed by atoms with Crippen molar-refractivity contribution in [2.45, 2.75) is 38.7 Å². The predicted molar refractivity (Wildman–Crippen MR) is 73.3 cm³/mol. The molecule has 0 heterocycles. The highest BCUT2D eigenvalue weighted by Crippen LogP contribution is 2.31. The second kappa shape index (κ2) is 7.07. The van der Waals surface area contributed by atoms with Gasteiger partial charge in [0.05, 0.1) is 6.10 Å². The van der Waals surface area contributed by atoms with Crippen molar-refractivity contribution in [3.05, 3.63) is 34.6 Å². The van der Waals surface area contributed by atoms with E-state index in [9.17, 15) is 9.50 Å². The molecule has 0 saturated heterocycles. The van der Waals surface area contributed by atoms with Crippen molar-refractivity contribution in [2.24, 2.45) is 11.7 Å². The Morgan fingerprint density at radius 2 is 1.94 bits per heavy atom. The molecule has 1 aromatic carbocycles. The van der Waals surface area contributed by atoms with Crippen LogP contribution in [0.25, 0.3) is 0 Å². The third-order valence-electron chi connectivity index (χ3n) is 3.56. The molecule has 102 valence electrons. The van der Waals surface area contributed by atoms with Crippen molar-refractivity contribution in [1.82, 2.24) is 0 Å². The minimum absolute atomic E-state index is 0.180. The van der Waals surface area contributed by atoms with E-state index in [0.717, 1.165) is 18.4 Å². The van der Waals surface area contributed by atoms with Gasteiger partial charge in [0.15, 0.2) is 0 Å². The first-order valence-electron chi connectivity index (χ1n) is 6.38. The Morgan fingerprint density at radius 3 is 2.39 bits per heavy atom. The minimum Gasteiger partial charge on any atom is -0.392 e. The van der Waals surface area contributed by atoms with Gasteiger partial charge in [0.2, 0.25) is 0 Å². The number of benzene rings is 1. The fourth-order valence-electron chi connectivity index (χ4n) is 2.35. The average molecular weight is 274 g/mol. The van der Waals surface area contributed by atoms with Crippen molar-refractivity contribution in [1.29, 1.82) is 0 Å². The SMILES string of the molecule is CCC(CC)C(O)C(CN)c1ccc(F)cc1Cl. The van der Waals surface area contributed by atoms with Gasteiger partial charge in [-0.2, -0.15) is 0 Å². The first kappa shape index (κ1) is 15.4. The number of halogens is 2. The fraction of sp³-hybridized carbons (Fsp3) is 0.571. The van der Waals surface area contributed by atoms with Crippen LogP contribution in [0.5, 0.6) is 0 Å². The molecule has 1 aromatic rings. The van der Waals surface area contributed by atoms with Gasteiger partial charge in [-0.1, -0.05) is 44.4 Å². The molecule has 3 N–H and O–H groups in total. The van der Waals surface area contributed by atoms with Gasteiger partial charge in [-0.15, -0.1) is 0 Å². The van der Waals surface area contributed by atoms with Crippen LogP contribution < -0.4 is 5.73 Å². The summed E-state index contributed by atoms with van der Waals surface area (Å²) in [7, 11) is 0. The van der Waals surface area contributed by atoms with Crippen LogP contribution in [0, 0.1) is 11.7 Å². The van der Waals surface area contributed by atoms with E-state index >= 15 is 0 Å². The molecular weight excluding hydrogens is 253 g/mol. The lowest BCUT2D eigenvalue weighted by Crippen LogP contribution is -2.32. The van der Waals surface area contributed by atoms with E-state index in [2.05, 4.69) is 0 Å². The third kappa shape index (κ3) is 3.44. The highest BCUT2D eigenvalue weighted by atomic mass is 35.5. The summed E-state index contributed by atoms with van der Waals surface area (Å²) in [6.07, 6.45) is 1.22. The molecule has 0 aliphatic heterocycles. The van der Waals surface area contributed by atoms with Gasteiger partial charge in [-0.3, -0.25) is 0 Å². The monoisotopic (exact) mass is 273 g/mol. The minimum atomic E-state index is -0.548. The maximum absolute atomic E-state index is 13.0. The highest BCUT2D eigenvalue weighted by molar-refractivity contribution is 6.31. The molecule has 0 radical (unpaired) electrons. The molecule has 2 unspecified atom stereocenters. The van der Waals surface area contributed by atoms with Gasteiger partial charge in [-0.05, 0) is 23.6 Å². The standard InChI is InChI=1S/C14H21ClFNO/c1-3-9(4-2)14(18)12(8-17)11-6-5-10(16)7-13(11)15/h5-7,9,12,14,18H,3-4,8,17H2,1-2H3. The van der Waals surface area contributed by atoms with Crippen molar-refractivity contribution < 1.29 is 9.50 Å². The summed E-state index contributed by atoms with van der Waals surface area (Å²) in [6, 6.07) is 4.23. The van der Waals surface area contributed by atoms with E-state index in [-0.39, 0.29) is 17.7 Å². The molecule has 18 heavy (non-hydrogen) atoms. The van der Waals surface area contributed by atoms with Gasteiger partial charge in [0, 0.05) is 17.5 Å². The molecule has 0 amide bonds. The lowest BCUT2D eigenvalue weighted by Gasteiger charge is -2.28. The summed E-state index contributed by atoms with van der Waals surface area (Å²) in [6.45, 7) is 4.37. The van der Waals surface area contributed by atoms with Crippen LogP contribution in [0.2, 0.25) is 5.02 Å². The summed E-state index contributed by atoms with van der Waals surface area (Å²) in [4.78, 5) is 0. The molecule has 0 saturated carbocycles. The quantitative estimate of drug-likeness (QED) is 0.835. The van der Waals surface area contributed by atoms with Crippen molar-refractivity contribution >= 4 is 11.6 Å². The van der Waals surface area contributed by atoms with Crippen LogP contribution in [0.15, 0.2) is 18.2 Å². The van der Waals surface area contributed by atoms with Crippen molar-refractivity contribution in [3.8, 4) is 0 Å². The van der Waals surface area contributed by atoms with Crippen LogP contribution in [0.4, 0.5) is 4.39 Å². The van der Waals surface area contributed by atoms with E-state index < -0.39 is 6.10 Å². The average Bonchev–Trinajstić information content (AvgIpc) is 2.34. The van der Waals surface area contributed by atoms with E-state index in [1.807, 2.05) is 13.8 Å². The van der Waals surface area contributed by atoms with E-state index in [0.29, 0.717) is 11.6 Å². The normalized spacial score (nSPS) is 14.8. The predicted octanol–water partition coefficient (Wildman–Crippen LogP) is 3.32. The maximum Gasteiger partial charge on any atom is 0.124 e. The summed E-state index contributed by atoms with van der Waals surface area (Å²) in [5.41, 5.74) is 6.47. The van der Waals surface area contributed by atoms with Crippen LogP contribution in [-0.2, 0) is 0 Å². The molecule has 0 fully saturated rings. The van der Waals surface area contributed by atoms with Gasteiger partial charge in [0.25, 0.3) is 0 Å². The summed E-state index contributed by atoms with van der Waals surface area (Å²) in [5, 5.41) is 10.7. The Hall–Kier alpha value is -0.640. The van der Waals surface area contributed by atoms with Crippen LogP contribution in [-0.4, -0.2) is 17.8 Å². The zero-order chi connectivity index (χ0) is 13.7.